The topological polar surface area (TPSA) is 101 Å². The van der Waals surface area contributed by atoms with Gasteiger partial charge in [0.25, 0.3) is 0 Å². The normalized spacial score (nSPS) is 13.0. The van der Waals surface area contributed by atoms with E-state index in [1.165, 1.54) is 18.2 Å². The van der Waals surface area contributed by atoms with E-state index in [1.54, 1.807) is 0 Å². The highest BCUT2D eigenvalue weighted by Crippen LogP contribution is 2.25. The molecule has 4 N–H and O–H groups in total. The van der Waals surface area contributed by atoms with Crippen LogP contribution in [0.15, 0.2) is 27.6 Å². The maximum Gasteiger partial charge on any atom is 0.238 e. The Morgan fingerprint density at radius 2 is 2.10 bits per heavy atom. The van der Waals surface area contributed by atoms with Crippen molar-refractivity contribution in [2.75, 3.05) is 11.9 Å². The summed E-state index contributed by atoms with van der Waals surface area (Å²) in [4.78, 5) is 11.7. The van der Waals surface area contributed by atoms with Gasteiger partial charge in [-0.15, -0.1) is 0 Å². The average molecular weight is 364 g/mol. The number of nitrogens with two attached hydrogens (primary N) is 1. The summed E-state index contributed by atoms with van der Waals surface area (Å²) in [5.41, 5.74) is 0.494. The van der Waals surface area contributed by atoms with Crippen LogP contribution < -0.4 is 15.8 Å². The molecule has 112 valence electrons. The molecular formula is C12H18BrN3O3S. The molecule has 6 nitrogen and oxygen atoms in total. The van der Waals surface area contributed by atoms with E-state index in [2.05, 4.69) is 26.6 Å². The van der Waals surface area contributed by atoms with Gasteiger partial charge >= 0.3 is 0 Å². The number of hydrogen-bond donors (Lipinski definition) is 3. The zero-order valence-corrected chi connectivity index (χ0v) is 13.7. The fraction of sp³-hybridized carbons (Fsp3) is 0.417. The summed E-state index contributed by atoms with van der Waals surface area (Å²) in [7, 11) is -3.75. The Labute approximate surface area is 127 Å². The van der Waals surface area contributed by atoms with E-state index in [0.29, 0.717) is 10.2 Å². The van der Waals surface area contributed by atoms with Crippen molar-refractivity contribution >= 4 is 37.5 Å². The number of amides is 1. The monoisotopic (exact) mass is 363 g/mol. The SMILES string of the molecule is CCC(C)NCC(=O)Nc1ccc(S(N)(=O)=O)cc1Br. The maximum atomic E-state index is 11.7. The second kappa shape index (κ2) is 7.16. The molecule has 0 radical (unpaired) electrons. The standard InChI is InChI=1S/C12H18BrN3O3S/c1-3-8(2)15-7-12(17)16-11-5-4-9(6-10(11)13)20(14,18)19/h4-6,8,15H,3,7H2,1-2H3,(H,16,17)(H2,14,18,19). The van der Waals surface area contributed by atoms with Crippen molar-refractivity contribution in [2.45, 2.75) is 31.2 Å². The molecule has 0 bridgehead atoms. The first-order valence-electron chi connectivity index (χ1n) is 6.09. The second-order valence-electron chi connectivity index (χ2n) is 4.43. The number of nitrogens with one attached hydrogen (secondary N) is 2. The quantitative estimate of drug-likeness (QED) is 0.711. The van der Waals surface area contributed by atoms with Crippen LogP contribution in [0, 0.1) is 0 Å². The van der Waals surface area contributed by atoms with Gasteiger partial charge in [0.1, 0.15) is 0 Å². The van der Waals surface area contributed by atoms with Gasteiger partial charge in [-0.3, -0.25) is 4.79 Å². The van der Waals surface area contributed by atoms with Crippen LogP contribution in [0.4, 0.5) is 5.69 Å². The highest BCUT2D eigenvalue weighted by atomic mass is 79.9. The van der Waals surface area contributed by atoms with E-state index in [9.17, 15) is 13.2 Å². The van der Waals surface area contributed by atoms with Gasteiger partial charge in [-0.25, -0.2) is 13.6 Å². The summed E-state index contributed by atoms with van der Waals surface area (Å²) in [6.45, 7) is 4.21. The zero-order valence-electron chi connectivity index (χ0n) is 11.3. The Morgan fingerprint density at radius 3 is 2.60 bits per heavy atom. The molecule has 1 aromatic carbocycles. The minimum Gasteiger partial charge on any atom is -0.324 e. The lowest BCUT2D eigenvalue weighted by atomic mass is 10.2. The lowest BCUT2D eigenvalue weighted by Gasteiger charge is -2.12. The van der Waals surface area contributed by atoms with E-state index in [-0.39, 0.29) is 23.4 Å². The number of sulfonamides is 1. The number of carbonyl (C=O) groups excluding carboxylic acids is 1. The summed E-state index contributed by atoms with van der Waals surface area (Å²) < 4.78 is 22.8. The largest absolute Gasteiger partial charge is 0.324 e. The number of primary sulfonamides is 1. The number of halogens is 1. The Balaban J connectivity index is 2.72. The molecule has 0 aromatic heterocycles. The van der Waals surface area contributed by atoms with Crippen LogP contribution in [-0.4, -0.2) is 26.9 Å². The Hall–Kier alpha value is -0.960. The maximum absolute atomic E-state index is 11.7. The van der Waals surface area contributed by atoms with Crippen molar-refractivity contribution in [1.29, 1.82) is 0 Å². The average Bonchev–Trinajstić information content (AvgIpc) is 2.37. The molecular weight excluding hydrogens is 346 g/mol. The van der Waals surface area contributed by atoms with Gasteiger partial charge in [-0.1, -0.05) is 6.92 Å². The van der Waals surface area contributed by atoms with Crippen molar-refractivity contribution in [2.24, 2.45) is 5.14 Å². The third-order valence-corrected chi connectivity index (χ3v) is 4.33. The van der Waals surface area contributed by atoms with Crippen LogP contribution in [0.3, 0.4) is 0 Å². The zero-order chi connectivity index (χ0) is 15.3. The third kappa shape index (κ3) is 5.20. The van der Waals surface area contributed by atoms with Crippen molar-refractivity contribution in [3.8, 4) is 0 Å². The van der Waals surface area contributed by atoms with Crippen LogP contribution >= 0.6 is 15.9 Å². The summed E-state index contributed by atoms with van der Waals surface area (Å²) >= 11 is 3.21. The number of benzene rings is 1. The van der Waals surface area contributed by atoms with Crippen LogP contribution in [0.25, 0.3) is 0 Å². The highest BCUT2D eigenvalue weighted by Gasteiger charge is 2.12. The highest BCUT2D eigenvalue weighted by molar-refractivity contribution is 9.10. The molecule has 0 fully saturated rings. The molecule has 0 spiro atoms. The Bertz CT molecular complexity index is 590. The summed E-state index contributed by atoms with van der Waals surface area (Å²) in [5, 5.41) is 10.8. The molecule has 0 aliphatic carbocycles. The van der Waals surface area contributed by atoms with Crippen LogP contribution in [0.1, 0.15) is 20.3 Å². The van der Waals surface area contributed by atoms with Gasteiger partial charge in [0.2, 0.25) is 15.9 Å². The fourth-order valence-electron chi connectivity index (χ4n) is 1.38. The number of rotatable bonds is 6. The molecule has 1 aromatic rings. The molecule has 1 atom stereocenters. The fourth-order valence-corrected chi connectivity index (χ4v) is 2.55. The first kappa shape index (κ1) is 17.1. The van der Waals surface area contributed by atoms with E-state index in [0.717, 1.165) is 6.42 Å². The molecule has 0 heterocycles. The van der Waals surface area contributed by atoms with Gasteiger partial charge in [0.05, 0.1) is 17.1 Å². The van der Waals surface area contributed by atoms with E-state index >= 15 is 0 Å². The lowest BCUT2D eigenvalue weighted by molar-refractivity contribution is -0.115. The van der Waals surface area contributed by atoms with Gasteiger partial charge in [0.15, 0.2) is 0 Å². The molecule has 0 aliphatic rings. The van der Waals surface area contributed by atoms with Gasteiger partial charge in [-0.05, 0) is 47.5 Å². The molecule has 1 unspecified atom stereocenters. The van der Waals surface area contributed by atoms with Crippen molar-refractivity contribution in [1.82, 2.24) is 5.32 Å². The summed E-state index contributed by atoms with van der Waals surface area (Å²) in [5.74, 6) is -0.200. The van der Waals surface area contributed by atoms with E-state index in [1.807, 2.05) is 13.8 Å². The Kier molecular flexibility index (Phi) is 6.12. The molecule has 1 amide bonds. The van der Waals surface area contributed by atoms with Crippen molar-refractivity contribution in [3.05, 3.63) is 22.7 Å². The first-order valence-corrected chi connectivity index (χ1v) is 8.43. The van der Waals surface area contributed by atoms with Gasteiger partial charge in [-0.2, -0.15) is 0 Å². The first-order chi connectivity index (χ1) is 9.24. The van der Waals surface area contributed by atoms with E-state index in [4.69, 9.17) is 5.14 Å². The van der Waals surface area contributed by atoms with Gasteiger partial charge in [0, 0.05) is 10.5 Å². The summed E-state index contributed by atoms with van der Waals surface area (Å²) in [6.07, 6.45) is 0.931. The minimum absolute atomic E-state index is 0.0138. The molecule has 0 saturated carbocycles. The minimum atomic E-state index is -3.75. The van der Waals surface area contributed by atoms with E-state index < -0.39 is 10.0 Å². The van der Waals surface area contributed by atoms with Crippen LogP contribution in [-0.2, 0) is 14.8 Å². The molecule has 8 heteroatoms. The molecule has 0 aliphatic heterocycles. The van der Waals surface area contributed by atoms with Crippen molar-refractivity contribution in [3.63, 3.8) is 0 Å². The number of anilines is 1. The Morgan fingerprint density at radius 1 is 1.45 bits per heavy atom. The third-order valence-electron chi connectivity index (χ3n) is 2.77. The lowest BCUT2D eigenvalue weighted by Crippen LogP contribution is -2.34. The molecule has 1 rings (SSSR count). The number of carbonyl (C=O) groups is 1. The smallest absolute Gasteiger partial charge is 0.238 e. The van der Waals surface area contributed by atoms with Crippen molar-refractivity contribution < 1.29 is 13.2 Å². The molecule has 20 heavy (non-hydrogen) atoms. The predicted molar refractivity (Wildman–Crippen MR) is 81.9 cm³/mol. The second-order valence-corrected chi connectivity index (χ2v) is 6.84. The van der Waals surface area contributed by atoms with Gasteiger partial charge < -0.3 is 10.6 Å². The molecule has 0 saturated heterocycles. The van der Waals surface area contributed by atoms with Crippen LogP contribution in [0.2, 0.25) is 0 Å². The van der Waals surface area contributed by atoms with Crippen LogP contribution in [0.5, 0.6) is 0 Å². The summed E-state index contributed by atoms with van der Waals surface area (Å²) in [6, 6.07) is 4.45. The predicted octanol–water partition coefficient (Wildman–Crippen LogP) is 1.42. The number of hydrogen-bond acceptors (Lipinski definition) is 4.